The zero-order valence-electron chi connectivity index (χ0n) is 19.2. The molecule has 1 N–H and O–H groups in total. The minimum absolute atomic E-state index is 0.110. The number of hydrogen-bond donors (Lipinski definition) is 1. The number of amides is 1. The van der Waals surface area contributed by atoms with Crippen LogP contribution >= 0.6 is 11.3 Å². The van der Waals surface area contributed by atoms with Gasteiger partial charge in [-0.3, -0.25) is 9.59 Å². The van der Waals surface area contributed by atoms with E-state index in [1.807, 2.05) is 42.6 Å². The Morgan fingerprint density at radius 2 is 1.88 bits per heavy atom. The Morgan fingerprint density at radius 3 is 2.56 bits per heavy atom. The van der Waals surface area contributed by atoms with E-state index in [0.29, 0.717) is 37.5 Å². The molecule has 6 nitrogen and oxygen atoms in total. The highest BCUT2D eigenvalue weighted by Crippen LogP contribution is 2.41. The first-order valence-corrected chi connectivity index (χ1v) is 12.0. The van der Waals surface area contributed by atoms with Crippen LogP contribution in [-0.2, 0) is 20.9 Å². The Morgan fingerprint density at radius 1 is 1.09 bits per heavy atom. The molecule has 176 valence electrons. The minimum atomic E-state index is -0.673. The molecule has 1 aliphatic rings. The summed E-state index contributed by atoms with van der Waals surface area (Å²) >= 11 is 1.45. The number of methoxy groups -OCH3 is 1. The van der Waals surface area contributed by atoms with Gasteiger partial charge in [-0.1, -0.05) is 35.9 Å². The van der Waals surface area contributed by atoms with Crippen LogP contribution in [0.2, 0.25) is 0 Å². The van der Waals surface area contributed by atoms with Gasteiger partial charge in [0, 0.05) is 30.7 Å². The lowest BCUT2D eigenvalue weighted by atomic mass is 10.00. The quantitative estimate of drug-likeness (QED) is 0.201. The van der Waals surface area contributed by atoms with E-state index in [9.17, 15) is 14.7 Å². The van der Waals surface area contributed by atoms with E-state index < -0.39 is 17.7 Å². The number of aliphatic hydroxyl groups is 1. The van der Waals surface area contributed by atoms with Crippen LogP contribution in [0.25, 0.3) is 5.76 Å². The third kappa shape index (κ3) is 5.05. The van der Waals surface area contributed by atoms with Crippen LogP contribution in [0.3, 0.4) is 0 Å². The number of ketones is 1. The molecule has 0 spiro atoms. The Bertz CT molecular complexity index is 1180. The number of hydrogen-bond acceptors (Lipinski definition) is 6. The van der Waals surface area contributed by atoms with Gasteiger partial charge in [-0.15, -0.1) is 11.3 Å². The standard InChI is InChI=1S/C27H27NO5S/c1-18-6-3-7-19(16-18)17-33-21-11-9-20(10-12-21)25(29)23-24(22-8-4-15-34-22)28(13-5-14-32-2)27(31)26(23)30/h3-4,6-12,15-16,24,29H,5,13-14,17H2,1-2H3/t24-/m1/s1. The topological polar surface area (TPSA) is 76.1 Å². The largest absolute Gasteiger partial charge is 0.507 e. The molecule has 1 atom stereocenters. The lowest BCUT2D eigenvalue weighted by Gasteiger charge is -2.24. The first kappa shape index (κ1) is 23.7. The molecule has 7 heteroatoms. The molecule has 34 heavy (non-hydrogen) atoms. The van der Waals surface area contributed by atoms with Crippen molar-refractivity contribution in [3.05, 3.63) is 93.2 Å². The van der Waals surface area contributed by atoms with Crippen molar-refractivity contribution in [2.75, 3.05) is 20.3 Å². The SMILES string of the molecule is COCCCN1C(=O)C(=O)C(=C(O)c2ccc(OCc3cccc(C)c3)cc2)[C@H]1c1cccs1. The maximum Gasteiger partial charge on any atom is 0.295 e. The van der Waals surface area contributed by atoms with Crippen LogP contribution in [0, 0.1) is 6.92 Å². The first-order valence-electron chi connectivity index (χ1n) is 11.1. The van der Waals surface area contributed by atoms with Crippen molar-refractivity contribution < 1.29 is 24.2 Å². The van der Waals surface area contributed by atoms with Gasteiger partial charge in [-0.25, -0.2) is 0 Å². The monoisotopic (exact) mass is 477 g/mol. The Kier molecular flexibility index (Phi) is 7.45. The van der Waals surface area contributed by atoms with Gasteiger partial charge in [0.05, 0.1) is 11.6 Å². The molecule has 1 aromatic heterocycles. The highest BCUT2D eigenvalue weighted by molar-refractivity contribution is 7.10. The summed E-state index contributed by atoms with van der Waals surface area (Å²) in [6.45, 7) is 3.30. The summed E-state index contributed by atoms with van der Waals surface area (Å²) in [5.41, 5.74) is 2.80. The minimum Gasteiger partial charge on any atom is -0.507 e. The lowest BCUT2D eigenvalue weighted by Crippen LogP contribution is -2.31. The summed E-state index contributed by atoms with van der Waals surface area (Å²) < 4.78 is 11.0. The Labute approximate surface area is 203 Å². The maximum absolute atomic E-state index is 13.0. The van der Waals surface area contributed by atoms with E-state index in [2.05, 4.69) is 6.07 Å². The van der Waals surface area contributed by atoms with Crippen molar-refractivity contribution in [1.82, 2.24) is 4.90 Å². The van der Waals surface area contributed by atoms with Gasteiger partial charge >= 0.3 is 0 Å². The fourth-order valence-corrected chi connectivity index (χ4v) is 4.91. The second-order valence-corrected chi connectivity index (χ2v) is 9.14. The summed E-state index contributed by atoms with van der Waals surface area (Å²) in [6, 6.07) is 18.1. The molecule has 0 unspecified atom stereocenters. The number of rotatable bonds is 9. The summed E-state index contributed by atoms with van der Waals surface area (Å²) in [5, 5.41) is 13.0. The van der Waals surface area contributed by atoms with Gasteiger partial charge in [-0.2, -0.15) is 0 Å². The predicted molar refractivity (Wildman–Crippen MR) is 132 cm³/mol. The van der Waals surface area contributed by atoms with Crippen molar-refractivity contribution in [2.45, 2.75) is 26.0 Å². The van der Waals surface area contributed by atoms with Gasteiger partial charge in [0.1, 0.15) is 18.1 Å². The molecular weight excluding hydrogens is 450 g/mol. The second-order valence-electron chi connectivity index (χ2n) is 8.16. The molecule has 1 fully saturated rings. The normalized spacial score (nSPS) is 17.4. The van der Waals surface area contributed by atoms with Crippen LogP contribution in [-0.4, -0.2) is 42.0 Å². The fraction of sp³-hybridized carbons (Fsp3) is 0.259. The van der Waals surface area contributed by atoms with Gasteiger partial charge in [0.2, 0.25) is 0 Å². The first-order chi connectivity index (χ1) is 16.5. The van der Waals surface area contributed by atoms with Crippen LogP contribution in [0.4, 0.5) is 0 Å². The molecule has 1 saturated heterocycles. The smallest absolute Gasteiger partial charge is 0.295 e. The number of ether oxygens (including phenoxy) is 2. The lowest BCUT2D eigenvalue weighted by molar-refractivity contribution is -0.140. The third-order valence-electron chi connectivity index (χ3n) is 5.72. The molecule has 3 aromatic rings. The van der Waals surface area contributed by atoms with Crippen molar-refractivity contribution >= 4 is 28.8 Å². The highest BCUT2D eigenvalue weighted by Gasteiger charge is 2.46. The highest BCUT2D eigenvalue weighted by atomic mass is 32.1. The van der Waals surface area contributed by atoms with E-state index in [1.54, 1.807) is 31.4 Å². The summed E-state index contributed by atoms with van der Waals surface area (Å²) in [6.07, 6.45) is 0.596. The molecule has 1 amide bonds. The average molecular weight is 478 g/mol. The molecule has 2 aromatic carbocycles. The third-order valence-corrected chi connectivity index (χ3v) is 6.64. The number of Topliss-reactive ketones (excluding diaryl/α,β-unsaturated/α-hetero) is 1. The summed E-state index contributed by atoms with van der Waals surface area (Å²) in [7, 11) is 1.60. The zero-order valence-corrected chi connectivity index (χ0v) is 20.0. The Hall–Kier alpha value is -3.42. The van der Waals surface area contributed by atoms with E-state index in [-0.39, 0.29) is 11.3 Å². The molecule has 4 rings (SSSR count). The van der Waals surface area contributed by atoms with Crippen molar-refractivity contribution in [3.8, 4) is 5.75 Å². The van der Waals surface area contributed by atoms with Gasteiger partial charge in [0.25, 0.3) is 11.7 Å². The van der Waals surface area contributed by atoms with Crippen LogP contribution in [0.15, 0.2) is 71.6 Å². The van der Waals surface area contributed by atoms with E-state index in [4.69, 9.17) is 9.47 Å². The number of carbonyl (C=O) groups is 2. The van der Waals surface area contributed by atoms with E-state index in [0.717, 1.165) is 10.4 Å². The summed E-state index contributed by atoms with van der Waals surface area (Å²) in [4.78, 5) is 28.1. The molecule has 0 radical (unpaired) electrons. The number of benzene rings is 2. The van der Waals surface area contributed by atoms with E-state index >= 15 is 0 Å². The van der Waals surface area contributed by atoms with Gasteiger partial charge in [-0.05, 0) is 54.6 Å². The van der Waals surface area contributed by atoms with E-state index in [1.165, 1.54) is 21.8 Å². The molecule has 2 heterocycles. The fourth-order valence-electron chi connectivity index (χ4n) is 4.07. The number of aliphatic hydroxyl groups excluding tert-OH is 1. The zero-order chi connectivity index (χ0) is 24.1. The molecule has 0 aliphatic carbocycles. The molecular formula is C27H27NO5S. The average Bonchev–Trinajstić information content (AvgIpc) is 3.45. The van der Waals surface area contributed by atoms with Crippen LogP contribution < -0.4 is 4.74 Å². The van der Waals surface area contributed by atoms with Crippen molar-refractivity contribution in [2.24, 2.45) is 0 Å². The molecule has 0 bridgehead atoms. The number of nitrogens with zero attached hydrogens (tertiary/aromatic N) is 1. The Balaban J connectivity index is 1.59. The number of aryl methyl sites for hydroxylation is 1. The number of carbonyl (C=O) groups excluding carboxylic acids is 2. The number of likely N-dealkylation sites (tertiary alicyclic amines) is 1. The van der Waals surface area contributed by atoms with Crippen LogP contribution in [0.5, 0.6) is 5.75 Å². The van der Waals surface area contributed by atoms with Crippen molar-refractivity contribution in [1.29, 1.82) is 0 Å². The molecule has 1 aliphatic heterocycles. The summed E-state index contributed by atoms with van der Waals surface area (Å²) in [5.74, 6) is -0.814. The number of thiophene rings is 1. The van der Waals surface area contributed by atoms with Crippen LogP contribution in [0.1, 0.15) is 34.0 Å². The van der Waals surface area contributed by atoms with Gasteiger partial charge in [0.15, 0.2) is 0 Å². The molecule has 0 saturated carbocycles. The predicted octanol–water partition coefficient (Wildman–Crippen LogP) is 5.09. The van der Waals surface area contributed by atoms with Gasteiger partial charge < -0.3 is 19.5 Å². The maximum atomic E-state index is 13.0. The second kappa shape index (κ2) is 10.7. The van der Waals surface area contributed by atoms with Crippen molar-refractivity contribution in [3.63, 3.8) is 0 Å².